The van der Waals surface area contributed by atoms with Gasteiger partial charge >= 0.3 is 0 Å². The summed E-state index contributed by atoms with van der Waals surface area (Å²) >= 11 is 0. The van der Waals surface area contributed by atoms with E-state index in [0.717, 1.165) is 55.0 Å². The number of tetrazole rings is 1. The van der Waals surface area contributed by atoms with Crippen LogP contribution in [-0.4, -0.2) is 63.2 Å². The van der Waals surface area contributed by atoms with Crippen molar-refractivity contribution in [1.29, 1.82) is 0 Å². The van der Waals surface area contributed by atoms with Crippen LogP contribution in [0.3, 0.4) is 0 Å². The lowest BCUT2D eigenvalue weighted by molar-refractivity contribution is -0.125. The number of nitrogens with one attached hydrogen (secondary N) is 1. The molecule has 0 saturated carbocycles. The van der Waals surface area contributed by atoms with Gasteiger partial charge in [-0.25, -0.2) is 0 Å². The molecule has 0 aliphatic carbocycles. The molecular weight excluding hydrogens is 440 g/mol. The van der Waals surface area contributed by atoms with Gasteiger partial charge in [0.1, 0.15) is 0 Å². The highest BCUT2D eigenvalue weighted by atomic mass is 16.1. The average molecular weight is 471 g/mol. The first kappa shape index (κ1) is 22.9. The molecule has 9 heteroatoms. The van der Waals surface area contributed by atoms with Gasteiger partial charge in [-0.15, -0.1) is 14.8 Å². The van der Waals surface area contributed by atoms with Crippen LogP contribution in [0.4, 0.5) is 5.82 Å². The zero-order chi connectivity index (χ0) is 24.2. The number of carbonyl (C=O) groups excluding carboxylic acids is 1. The van der Waals surface area contributed by atoms with Crippen molar-refractivity contribution in [3.63, 3.8) is 0 Å². The maximum absolute atomic E-state index is 13.0. The maximum atomic E-state index is 13.0. The van der Waals surface area contributed by atoms with E-state index in [2.05, 4.69) is 86.2 Å². The van der Waals surface area contributed by atoms with E-state index in [0.29, 0.717) is 12.2 Å². The number of carbonyl (C=O) groups is 1. The number of rotatable bonds is 7. The van der Waals surface area contributed by atoms with Gasteiger partial charge in [0.25, 0.3) is 0 Å². The second-order valence-corrected chi connectivity index (χ2v) is 9.29. The van der Waals surface area contributed by atoms with E-state index in [1.165, 1.54) is 10.2 Å². The fourth-order valence-electron chi connectivity index (χ4n) is 4.62. The zero-order valence-electron chi connectivity index (χ0n) is 20.1. The van der Waals surface area contributed by atoms with Gasteiger partial charge < -0.3 is 15.1 Å². The lowest BCUT2D eigenvalue weighted by Gasteiger charge is -2.31. The molecule has 180 valence electrons. The van der Waals surface area contributed by atoms with Gasteiger partial charge in [-0.2, -0.15) is 0 Å². The second-order valence-electron chi connectivity index (χ2n) is 9.29. The monoisotopic (exact) mass is 470 g/mol. The number of benzene rings is 2. The van der Waals surface area contributed by atoms with Gasteiger partial charge in [-0.3, -0.25) is 4.79 Å². The summed E-state index contributed by atoms with van der Waals surface area (Å²) in [5, 5.41) is 19.0. The second kappa shape index (κ2) is 10.2. The minimum atomic E-state index is 0.000460. The van der Waals surface area contributed by atoms with E-state index in [1.807, 2.05) is 24.3 Å². The molecule has 9 nitrogen and oxygen atoms in total. The molecule has 1 amide bonds. The van der Waals surface area contributed by atoms with Crippen molar-refractivity contribution in [2.24, 2.45) is 5.92 Å². The summed E-state index contributed by atoms with van der Waals surface area (Å²) in [6, 6.07) is 20.7. The molecule has 3 heterocycles. The molecule has 1 fully saturated rings. The van der Waals surface area contributed by atoms with Gasteiger partial charge in [-0.05, 0) is 71.8 Å². The maximum Gasteiger partial charge on any atom is 0.223 e. The SMILES string of the molecule is CN(C)Cc1ccc(-c2ccccc2CNC(=O)C2CCN(c3ccc4nnnn4n3)CC2)cc1. The molecular formula is C26H30N8O. The largest absolute Gasteiger partial charge is 0.355 e. The number of hydrogen-bond acceptors (Lipinski definition) is 7. The third-order valence-electron chi connectivity index (χ3n) is 6.48. The Morgan fingerprint density at radius 1 is 1.03 bits per heavy atom. The smallest absolute Gasteiger partial charge is 0.223 e. The molecule has 1 aliphatic rings. The molecule has 0 spiro atoms. The molecule has 0 radical (unpaired) electrons. The first-order valence-corrected chi connectivity index (χ1v) is 12.0. The molecule has 1 aliphatic heterocycles. The highest BCUT2D eigenvalue weighted by Gasteiger charge is 2.26. The predicted octanol–water partition coefficient (Wildman–Crippen LogP) is 2.78. The third-order valence-corrected chi connectivity index (χ3v) is 6.48. The van der Waals surface area contributed by atoms with Crippen molar-refractivity contribution >= 4 is 17.4 Å². The Labute approximate surface area is 204 Å². The first-order chi connectivity index (χ1) is 17.1. The van der Waals surface area contributed by atoms with Crippen LogP contribution in [0.15, 0.2) is 60.7 Å². The number of piperidine rings is 1. The third kappa shape index (κ3) is 5.30. The minimum absolute atomic E-state index is 0.000460. The van der Waals surface area contributed by atoms with E-state index in [9.17, 15) is 4.79 Å². The Hall–Kier alpha value is -3.85. The van der Waals surface area contributed by atoms with Crippen molar-refractivity contribution in [2.45, 2.75) is 25.9 Å². The number of nitrogens with zero attached hydrogens (tertiary/aromatic N) is 7. The Kier molecular flexibility index (Phi) is 6.67. The van der Waals surface area contributed by atoms with Crippen LogP contribution in [0.5, 0.6) is 0 Å². The highest BCUT2D eigenvalue weighted by molar-refractivity contribution is 5.79. The quantitative estimate of drug-likeness (QED) is 0.444. The lowest BCUT2D eigenvalue weighted by Crippen LogP contribution is -2.40. The standard InChI is InChI=1S/C26H30N8O/c1-32(2)18-19-7-9-20(10-8-19)23-6-4-3-5-22(23)17-27-26(35)21-13-15-33(16-14-21)25-12-11-24-28-30-31-34(24)29-25/h3-12,21H,13-18H2,1-2H3,(H,27,35). The van der Waals surface area contributed by atoms with E-state index < -0.39 is 0 Å². The van der Waals surface area contributed by atoms with Crippen molar-refractivity contribution < 1.29 is 4.79 Å². The van der Waals surface area contributed by atoms with Crippen molar-refractivity contribution in [2.75, 3.05) is 32.1 Å². The van der Waals surface area contributed by atoms with E-state index in [1.54, 1.807) is 0 Å². The molecule has 2 aromatic heterocycles. The minimum Gasteiger partial charge on any atom is -0.355 e. The molecule has 2 aromatic carbocycles. The van der Waals surface area contributed by atoms with Gasteiger partial charge in [-0.1, -0.05) is 48.5 Å². The van der Waals surface area contributed by atoms with Crippen molar-refractivity contribution in [1.82, 2.24) is 35.5 Å². The summed E-state index contributed by atoms with van der Waals surface area (Å²) in [6.45, 7) is 2.98. The van der Waals surface area contributed by atoms with Gasteiger partial charge in [0.05, 0.1) is 0 Å². The molecule has 0 bridgehead atoms. The van der Waals surface area contributed by atoms with Crippen LogP contribution in [0.25, 0.3) is 16.8 Å². The Morgan fingerprint density at radius 3 is 2.57 bits per heavy atom. The highest BCUT2D eigenvalue weighted by Crippen LogP contribution is 2.25. The number of aromatic nitrogens is 5. The molecule has 1 N–H and O–H groups in total. The van der Waals surface area contributed by atoms with Crippen molar-refractivity contribution in [3.05, 3.63) is 71.8 Å². The molecule has 0 atom stereocenters. The topological polar surface area (TPSA) is 91.5 Å². The summed E-state index contributed by atoms with van der Waals surface area (Å²) in [7, 11) is 4.14. The summed E-state index contributed by atoms with van der Waals surface area (Å²) in [6.07, 6.45) is 1.58. The summed E-state index contributed by atoms with van der Waals surface area (Å²) in [5.74, 6) is 0.944. The Bertz CT molecular complexity index is 1290. The Balaban J connectivity index is 1.18. The van der Waals surface area contributed by atoms with E-state index >= 15 is 0 Å². The number of fused-ring (bicyclic) bond motifs is 1. The number of hydrogen-bond donors (Lipinski definition) is 1. The predicted molar refractivity (Wildman–Crippen MR) is 135 cm³/mol. The van der Waals surface area contributed by atoms with Crippen LogP contribution in [0.1, 0.15) is 24.0 Å². The lowest BCUT2D eigenvalue weighted by atomic mass is 9.95. The summed E-state index contributed by atoms with van der Waals surface area (Å²) < 4.78 is 1.43. The summed E-state index contributed by atoms with van der Waals surface area (Å²) in [4.78, 5) is 17.3. The fraction of sp³-hybridized carbons (Fsp3) is 0.346. The van der Waals surface area contributed by atoms with Crippen molar-refractivity contribution in [3.8, 4) is 11.1 Å². The number of amides is 1. The number of anilines is 1. The van der Waals surface area contributed by atoms with Crippen LogP contribution in [0, 0.1) is 5.92 Å². The molecule has 1 saturated heterocycles. The first-order valence-electron chi connectivity index (χ1n) is 12.0. The van der Waals surface area contributed by atoms with Gasteiger partial charge in [0.15, 0.2) is 11.5 Å². The normalized spacial score (nSPS) is 14.5. The van der Waals surface area contributed by atoms with E-state index in [-0.39, 0.29) is 11.8 Å². The fourth-order valence-corrected chi connectivity index (χ4v) is 4.62. The van der Waals surface area contributed by atoms with E-state index in [4.69, 9.17) is 0 Å². The molecule has 0 unspecified atom stereocenters. The zero-order valence-corrected chi connectivity index (χ0v) is 20.1. The summed E-state index contributed by atoms with van der Waals surface area (Å²) in [5.41, 5.74) is 5.34. The molecule has 5 rings (SSSR count). The average Bonchev–Trinajstić information content (AvgIpc) is 3.36. The van der Waals surface area contributed by atoms with Gasteiger partial charge in [0.2, 0.25) is 5.91 Å². The van der Waals surface area contributed by atoms with Crippen LogP contribution in [0.2, 0.25) is 0 Å². The molecule has 4 aromatic rings. The van der Waals surface area contributed by atoms with Gasteiger partial charge in [0, 0.05) is 32.1 Å². The van der Waals surface area contributed by atoms with Crippen LogP contribution in [-0.2, 0) is 17.9 Å². The Morgan fingerprint density at radius 2 is 1.80 bits per heavy atom. The molecule has 35 heavy (non-hydrogen) atoms. The van der Waals surface area contributed by atoms with Crippen LogP contribution < -0.4 is 10.2 Å². The van der Waals surface area contributed by atoms with Crippen LogP contribution >= 0.6 is 0 Å².